The van der Waals surface area contributed by atoms with E-state index in [0.29, 0.717) is 11.9 Å². The van der Waals surface area contributed by atoms with Crippen LogP contribution in [0.1, 0.15) is 51.9 Å². The molecule has 2 rings (SSSR count). The van der Waals surface area contributed by atoms with Gasteiger partial charge in [-0.05, 0) is 38.1 Å². The fraction of sp³-hybridized carbons (Fsp3) is 0.923. The molecule has 0 radical (unpaired) electrons. The van der Waals surface area contributed by atoms with Crippen molar-refractivity contribution in [1.82, 2.24) is 4.90 Å². The van der Waals surface area contributed by atoms with Gasteiger partial charge in [-0.2, -0.15) is 0 Å². The standard InChI is InChI=1S/C13H25N3O/c1-2-10-6-3-4-7-11(10)16-9-5-8-12(16)13(14)15-17/h10-12,17H,2-9H2,1H3,(H2,14,15). The zero-order valence-corrected chi connectivity index (χ0v) is 10.8. The summed E-state index contributed by atoms with van der Waals surface area (Å²) in [5.41, 5.74) is 5.82. The molecule has 3 N–H and O–H groups in total. The molecule has 2 fully saturated rings. The van der Waals surface area contributed by atoms with Gasteiger partial charge in [0.25, 0.3) is 0 Å². The summed E-state index contributed by atoms with van der Waals surface area (Å²) in [6, 6.07) is 0.832. The normalized spacial score (nSPS) is 36.3. The summed E-state index contributed by atoms with van der Waals surface area (Å²) in [4.78, 5) is 2.50. The van der Waals surface area contributed by atoms with Gasteiger partial charge < -0.3 is 10.9 Å². The number of nitrogens with two attached hydrogens (primary N) is 1. The van der Waals surface area contributed by atoms with Gasteiger partial charge in [0.15, 0.2) is 5.84 Å². The van der Waals surface area contributed by atoms with Crippen molar-refractivity contribution < 1.29 is 5.21 Å². The van der Waals surface area contributed by atoms with Crippen LogP contribution in [0.3, 0.4) is 0 Å². The summed E-state index contributed by atoms with van der Waals surface area (Å²) in [5, 5.41) is 12.1. The monoisotopic (exact) mass is 239 g/mol. The van der Waals surface area contributed by atoms with E-state index >= 15 is 0 Å². The molecule has 0 aromatic heterocycles. The number of oxime groups is 1. The molecule has 17 heavy (non-hydrogen) atoms. The van der Waals surface area contributed by atoms with Gasteiger partial charge in [-0.1, -0.05) is 31.3 Å². The molecular weight excluding hydrogens is 214 g/mol. The molecule has 0 bridgehead atoms. The molecule has 3 atom stereocenters. The van der Waals surface area contributed by atoms with Crippen molar-refractivity contribution in [3.63, 3.8) is 0 Å². The Hall–Kier alpha value is -0.770. The molecule has 1 saturated carbocycles. The summed E-state index contributed by atoms with van der Waals surface area (Å²) < 4.78 is 0. The van der Waals surface area contributed by atoms with E-state index < -0.39 is 0 Å². The molecule has 0 aromatic rings. The Bertz CT molecular complexity index is 280. The van der Waals surface area contributed by atoms with Crippen LogP contribution >= 0.6 is 0 Å². The van der Waals surface area contributed by atoms with Crippen LogP contribution < -0.4 is 5.73 Å². The Morgan fingerprint density at radius 1 is 1.29 bits per heavy atom. The Morgan fingerprint density at radius 3 is 2.76 bits per heavy atom. The van der Waals surface area contributed by atoms with Crippen molar-refractivity contribution >= 4 is 5.84 Å². The van der Waals surface area contributed by atoms with Crippen LogP contribution in [-0.4, -0.2) is 34.6 Å². The number of nitrogens with zero attached hydrogens (tertiary/aromatic N) is 2. The van der Waals surface area contributed by atoms with E-state index in [1.54, 1.807) is 0 Å². The van der Waals surface area contributed by atoms with Gasteiger partial charge >= 0.3 is 0 Å². The molecule has 0 aromatic carbocycles. The van der Waals surface area contributed by atoms with Gasteiger partial charge in [0.1, 0.15) is 0 Å². The van der Waals surface area contributed by atoms with Crippen LogP contribution in [0.25, 0.3) is 0 Å². The van der Waals surface area contributed by atoms with Gasteiger partial charge in [0, 0.05) is 6.04 Å². The first-order valence-electron chi connectivity index (χ1n) is 7.01. The van der Waals surface area contributed by atoms with Crippen molar-refractivity contribution in [3.05, 3.63) is 0 Å². The van der Waals surface area contributed by atoms with Gasteiger partial charge in [0.2, 0.25) is 0 Å². The average molecular weight is 239 g/mol. The predicted octanol–water partition coefficient (Wildman–Crippen LogP) is 2.17. The largest absolute Gasteiger partial charge is 0.409 e. The van der Waals surface area contributed by atoms with Gasteiger partial charge in [-0.25, -0.2) is 0 Å². The molecule has 98 valence electrons. The third-order valence-corrected chi connectivity index (χ3v) is 4.57. The highest BCUT2D eigenvalue weighted by molar-refractivity contribution is 5.85. The molecule has 2 aliphatic rings. The van der Waals surface area contributed by atoms with Crippen LogP contribution in [-0.2, 0) is 0 Å². The van der Waals surface area contributed by atoms with E-state index in [2.05, 4.69) is 17.0 Å². The first-order chi connectivity index (χ1) is 8.27. The maximum Gasteiger partial charge on any atom is 0.156 e. The number of hydrogen-bond donors (Lipinski definition) is 2. The lowest BCUT2D eigenvalue weighted by atomic mass is 9.81. The minimum Gasteiger partial charge on any atom is -0.409 e. The Balaban J connectivity index is 2.08. The fourth-order valence-electron chi connectivity index (χ4n) is 3.67. The lowest BCUT2D eigenvalue weighted by molar-refractivity contribution is 0.108. The molecule has 1 aliphatic carbocycles. The maximum atomic E-state index is 8.87. The second-order valence-corrected chi connectivity index (χ2v) is 5.44. The van der Waals surface area contributed by atoms with Crippen LogP contribution in [0, 0.1) is 5.92 Å². The van der Waals surface area contributed by atoms with Gasteiger partial charge in [-0.15, -0.1) is 0 Å². The fourth-order valence-corrected chi connectivity index (χ4v) is 3.67. The molecule has 4 nitrogen and oxygen atoms in total. The minimum atomic E-state index is 0.178. The van der Waals surface area contributed by atoms with Gasteiger partial charge in [0.05, 0.1) is 6.04 Å². The molecule has 0 amide bonds. The molecule has 1 saturated heterocycles. The molecule has 4 heteroatoms. The lowest BCUT2D eigenvalue weighted by Gasteiger charge is -2.40. The quantitative estimate of drug-likeness (QED) is 0.343. The summed E-state index contributed by atoms with van der Waals surface area (Å²) >= 11 is 0. The Kier molecular flexibility index (Phi) is 4.26. The zero-order chi connectivity index (χ0) is 12.3. The third kappa shape index (κ3) is 2.57. The number of rotatable bonds is 3. The van der Waals surface area contributed by atoms with Crippen molar-refractivity contribution in [2.45, 2.75) is 64.0 Å². The first-order valence-corrected chi connectivity index (χ1v) is 7.01. The molecule has 0 spiro atoms. The van der Waals surface area contributed by atoms with E-state index in [1.165, 1.54) is 38.5 Å². The topological polar surface area (TPSA) is 61.8 Å². The average Bonchev–Trinajstić information content (AvgIpc) is 2.86. The number of hydrogen-bond acceptors (Lipinski definition) is 3. The molecule has 3 unspecified atom stereocenters. The van der Waals surface area contributed by atoms with Crippen molar-refractivity contribution in [2.24, 2.45) is 16.8 Å². The summed E-state index contributed by atoms with van der Waals surface area (Å²) in [7, 11) is 0. The van der Waals surface area contributed by atoms with Crippen molar-refractivity contribution in [2.75, 3.05) is 6.54 Å². The highest BCUT2D eigenvalue weighted by atomic mass is 16.4. The minimum absolute atomic E-state index is 0.178. The molecule has 1 heterocycles. The van der Waals surface area contributed by atoms with E-state index in [-0.39, 0.29) is 6.04 Å². The van der Waals surface area contributed by atoms with Gasteiger partial charge in [-0.3, -0.25) is 4.90 Å². The zero-order valence-electron chi connectivity index (χ0n) is 10.8. The summed E-state index contributed by atoms with van der Waals surface area (Å²) in [6.45, 7) is 3.40. The van der Waals surface area contributed by atoms with Crippen LogP contribution in [0.2, 0.25) is 0 Å². The van der Waals surface area contributed by atoms with Crippen LogP contribution in [0.15, 0.2) is 5.16 Å². The Labute approximate surface area is 104 Å². The lowest BCUT2D eigenvalue weighted by Crippen LogP contribution is -2.49. The van der Waals surface area contributed by atoms with Crippen molar-refractivity contribution in [1.29, 1.82) is 0 Å². The number of amidine groups is 1. The highest BCUT2D eigenvalue weighted by Crippen LogP contribution is 2.34. The summed E-state index contributed by atoms with van der Waals surface area (Å²) in [5.74, 6) is 1.21. The van der Waals surface area contributed by atoms with Crippen LogP contribution in [0.5, 0.6) is 0 Å². The smallest absolute Gasteiger partial charge is 0.156 e. The maximum absolute atomic E-state index is 8.87. The van der Waals surface area contributed by atoms with Crippen molar-refractivity contribution in [3.8, 4) is 0 Å². The first kappa shape index (κ1) is 12.7. The predicted molar refractivity (Wildman–Crippen MR) is 69.2 cm³/mol. The second-order valence-electron chi connectivity index (χ2n) is 5.44. The Morgan fingerprint density at radius 2 is 2.06 bits per heavy atom. The number of likely N-dealkylation sites (tertiary alicyclic amines) is 1. The molecular formula is C13H25N3O. The second kappa shape index (κ2) is 5.71. The summed E-state index contributed by atoms with van der Waals surface area (Å²) in [6.07, 6.45) is 8.81. The molecule has 1 aliphatic heterocycles. The highest BCUT2D eigenvalue weighted by Gasteiger charge is 2.37. The van der Waals surface area contributed by atoms with E-state index in [9.17, 15) is 0 Å². The van der Waals surface area contributed by atoms with E-state index in [4.69, 9.17) is 10.9 Å². The van der Waals surface area contributed by atoms with E-state index in [1.807, 2.05) is 0 Å². The third-order valence-electron chi connectivity index (χ3n) is 4.57. The van der Waals surface area contributed by atoms with E-state index in [0.717, 1.165) is 18.9 Å². The SMILES string of the molecule is CCC1CCCCC1N1CCCC1C(N)=NO. The van der Waals surface area contributed by atoms with Crippen LogP contribution in [0.4, 0.5) is 0 Å².